The highest BCUT2D eigenvalue weighted by molar-refractivity contribution is 5.94. The number of methoxy groups -OCH3 is 1. The number of nitrogens with zero attached hydrogens (tertiary/aromatic N) is 1. The largest absolute Gasteiger partial charge is 0.497 e. The Morgan fingerprint density at radius 2 is 1.78 bits per heavy atom. The van der Waals surface area contributed by atoms with E-state index in [1.54, 1.807) is 25.4 Å². The van der Waals surface area contributed by atoms with Crippen LogP contribution in [0.15, 0.2) is 72.9 Å². The summed E-state index contributed by atoms with van der Waals surface area (Å²) >= 11 is 0. The summed E-state index contributed by atoms with van der Waals surface area (Å²) in [5.41, 5.74) is 2.90. The molecule has 2 N–H and O–H groups in total. The fourth-order valence-electron chi connectivity index (χ4n) is 2.67. The number of hydrogen-bond donors (Lipinski definition) is 2. The van der Waals surface area contributed by atoms with E-state index in [0.717, 1.165) is 23.3 Å². The molecule has 0 spiro atoms. The second kappa shape index (κ2) is 9.38. The zero-order valence-corrected chi connectivity index (χ0v) is 15.3. The molecule has 3 aromatic rings. The van der Waals surface area contributed by atoms with Crippen LogP contribution in [0, 0.1) is 0 Å². The third-order valence-electron chi connectivity index (χ3n) is 4.20. The molecule has 0 fully saturated rings. The van der Waals surface area contributed by atoms with Crippen LogP contribution >= 0.6 is 0 Å². The molecule has 0 saturated carbocycles. The normalized spacial score (nSPS) is 10.3. The molecule has 0 bridgehead atoms. The number of ether oxygens (including phenoxy) is 1. The Kier molecular flexibility index (Phi) is 6.41. The van der Waals surface area contributed by atoms with Gasteiger partial charge in [-0.05, 0) is 41.8 Å². The highest BCUT2D eigenvalue weighted by Crippen LogP contribution is 2.12. The third-order valence-corrected chi connectivity index (χ3v) is 4.20. The van der Waals surface area contributed by atoms with Crippen molar-refractivity contribution in [1.29, 1.82) is 0 Å². The van der Waals surface area contributed by atoms with Crippen LogP contribution in [-0.2, 0) is 13.0 Å². The van der Waals surface area contributed by atoms with E-state index in [4.69, 9.17) is 4.74 Å². The SMILES string of the molecule is COc1ccc(CCNC(=O)c2ccnc(NCc3ccccc3)c2)cc1. The van der Waals surface area contributed by atoms with Crippen molar-refractivity contribution < 1.29 is 9.53 Å². The summed E-state index contributed by atoms with van der Waals surface area (Å²) in [4.78, 5) is 16.7. The van der Waals surface area contributed by atoms with Gasteiger partial charge in [0.15, 0.2) is 0 Å². The molecule has 0 saturated heterocycles. The fraction of sp³-hybridized carbons (Fsp3) is 0.182. The van der Waals surface area contributed by atoms with Crippen LogP contribution in [-0.4, -0.2) is 24.5 Å². The molecule has 1 amide bonds. The van der Waals surface area contributed by atoms with Gasteiger partial charge in [0, 0.05) is 24.8 Å². The van der Waals surface area contributed by atoms with E-state index in [1.165, 1.54) is 0 Å². The first-order valence-corrected chi connectivity index (χ1v) is 8.89. The highest BCUT2D eigenvalue weighted by atomic mass is 16.5. The Hall–Kier alpha value is -3.34. The van der Waals surface area contributed by atoms with Crippen molar-refractivity contribution in [3.8, 4) is 5.75 Å². The molecule has 1 heterocycles. The molecule has 5 heteroatoms. The number of hydrogen-bond acceptors (Lipinski definition) is 4. The maximum absolute atomic E-state index is 12.4. The van der Waals surface area contributed by atoms with Gasteiger partial charge in [0.2, 0.25) is 0 Å². The van der Waals surface area contributed by atoms with Crippen LogP contribution in [0.25, 0.3) is 0 Å². The standard InChI is InChI=1S/C22H23N3O2/c1-27-20-9-7-17(8-10-20)11-13-24-22(26)19-12-14-23-21(15-19)25-16-18-5-3-2-4-6-18/h2-10,12,14-15H,11,13,16H2,1H3,(H,23,25)(H,24,26). The summed E-state index contributed by atoms with van der Waals surface area (Å²) in [6, 6.07) is 21.4. The van der Waals surface area contributed by atoms with Crippen LogP contribution < -0.4 is 15.4 Å². The molecule has 2 aromatic carbocycles. The minimum Gasteiger partial charge on any atom is -0.497 e. The van der Waals surface area contributed by atoms with E-state index in [0.29, 0.717) is 24.5 Å². The van der Waals surface area contributed by atoms with Crippen molar-refractivity contribution in [2.75, 3.05) is 19.0 Å². The first-order valence-electron chi connectivity index (χ1n) is 8.89. The molecule has 0 unspecified atom stereocenters. The average molecular weight is 361 g/mol. The number of amides is 1. The number of anilines is 1. The highest BCUT2D eigenvalue weighted by Gasteiger charge is 2.07. The number of carbonyl (C=O) groups is 1. The topological polar surface area (TPSA) is 63.2 Å². The van der Waals surface area contributed by atoms with Gasteiger partial charge in [-0.2, -0.15) is 0 Å². The first-order chi connectivity index (χ1) is 13.2. The van der Waals surface area contributed by atoms with Crippen LogP contribution in [0.3, 0.4) is 0 Å². The summed E-state index contributed by atoms with van der Waals surface area (Å²) in [6.45, 7) is 1.23. The lowest BCUT2D eigenvalue weighted by Crippen LogP contribution is -2.25. The second-order valence-electron chi connectivity index (χ2n) is 6.12. The van der Waals surface area contributed by atoms with E-state index in [1.807, 2.05) is 54.6 Å². The lowest BCUT2D eigenvalue weighted by Gasteiger charge is -2.09. The lowest BCUT2D eigenvalue weighted by atomic mass is 10.1. The molecule has 1 aromatic heterocycles. The first kappa shape index (κ1) is 18.5. The number of benzene rings is 2. The quantitative estimate of drug-likeness (QED) is 0.642. The fourth-order valence-corrected chi connectivity index (χ4v) is 2.67. The van der Waals surface area contributed by atoms with Crippen molar-refractivity contribution in [3.05, 3.63) is 89.6 Å². The summed E-state index contributed by atoms with van der Waals surface area (Å²) in [5.74, 6) is 1.41. The van der Waals surface area contributed by atoms with E-state index in [9.17, 15) is 4.79 Å². The van der Waals surface area contributed by atoms with Gasteiger partial charge >= 0.3 is 0 Å². The summed E-state index contributed by atoms with van der Waals surface area (Å²) < 4.78 is 5.15. The number of carbonyl (C=O) groups excluding carboxylic acids is 1. The Labute approximate surface area is 159 Å². The minimum atomic E-state index is -0.103. The molecule has 0 atom stereocenters. The Morgan fingerprint density at radius 3 is 2.52 bits per heavy atom. The second-order valence-corrected chi connectivity index (χ2v) is 6.12. The predicted molar refractivity (Wildman–Crippen MR) is 107 cm³/mol. The summed E-state index contributed by atoms with van der Waals surface area (Å²) in [6.07, 6.45) is 2.41. The van der Waals surface area contributed by atoms with Gasteiger partial charge in [0.25, 0.3) is 5.91 Å². The number of rotatable bonds is 8. The molecular formula is C22H23N3O2. The van der Waals surface area contributed by atoms with Crippen LogP contribution in [0.1, 0.15) is 21.5 Å². The zero-order valence-electron chi connectivity index (χ0n) is 15.3. The number of aromatic nitrogens is 1. The zero-order chi connectivity index (χ0) is 18.9. The van der Waals surface area contributed by atoms with Crippen molar-refractivity contribution in [2.45, 2.75) is 13.0 Å². The maximum Gasteiger partial charge on any atom is 0.251 e. The average Bonchev–Trinajstić information content (AvgIpc) is 2.73. The Balaban J connectivity index is 1.50. The van der Waals surface area contributed by atoms with Gasteiger partial charge in [0.1, 0.15) is 11.6 Å². The molecular weight excluding hydrogens is 338 g/mol. The number of pyridine rings is 1. The molecule has 0 aliphatic carbocycles. The molecule has 5 nitrogen and oxygen atoms in total. The molecule has 0 radical (unpaired) electrons. The minimum absolute atomic E-state index is 0.103. The van der Waals surface area contributed by atoms with Crippen molar-refractivity contribution in [2.24, 2.45) is 0 Å². The lowest BCUT2D eigenvalue weighted by molar-refractivity contribution is 0.0954. The maximum atomic E-state index is 12.4. The monoisotopic (exact) mass is 361 g/mol. The van der Waals surface area contributed by atoms with Gasteiger partial charge < -0.3 is 15.4 Å². The molecule has 0 aliphatic rings. The van der Waals surface area contributed by atoms with Crippen LogP contribution in [0.5, 0.6) is 5.75 Å². The van der Waals surface area contributed by atoms with Crippen molar-refractivity contribution >= 4 is 11.7 Å². The molecule has 138 valence electrons. The third kappa shape index (κ3) is 5.57. The van der Waals surface area contributed by atoms with Gasteiger partial charge in [-0.25, -0.2) is 4.98 Å². The van der Waals surface area contributed by atoms with Gasteiger partial charge in [-0.1, -0.05) is 42.5 Å². The summed E-state index contributed by atoms with van der Waals surface area (Å²) in [7, 11) is 1.65. The smallest absolute Gasteiger partial charge is 0.251 e. The van der Waals surface area contributed by atoms with Crippen LogP contribution in [0.4, 0.5) is 5.82 Å². The van der Waals surface area contributed by atoms with Crippen molar-refractivity contribution in [3.63, 3.8) is 0 Å². The molecule has 27 heavy (non-hydrogen) atoms. The van der Waals surface area contributed by atoms with E-state index >= 15 is 0 Å². The van der Waals surface area contributed by atoms with Crippen molar-refractivity contribution in [1.82, 2.24) is 10.3 Å². The van der Waals surface area contributed by atoms with E-state index in [-0.39, 0.29) is 5.91 Å². The van der Waals surface area contributed by atoms with Gasteiger partial charge in [0.05, 0.1) is 7.11 Å². The molecule has 0 aliphatic heterocycles. The molecule has 3 rings (SSSR count). The van der Waals surface area contributed by atoms with Crippen LogP contribution in [0.2, 0.25) is 0 Å². The number of nitrogens with one attached hydrogen (secondary N) is 2. The Morgan fingerprint density at radius 1 is 1.00 bits per heavy atom. The predicted octanol–water partition coefficient (Wildman–Crippen LogP) is 3.67. The van der Waals surface area contributed by atoms with E-state index < -0.39 is 0 Å². The van der Waals surface area contributed by atoms with Gasteiger partial charge in [-0.3, -0.25) is 4.79 Å². The van der Waals surface area contributed by atoms with Gasteiger partial charge in [-0.15, -0.1) is 0 Å². The van der Waals surface area contributed by atoms with E-state index in [2.05, 4.69) is 15.6 Å². The summed E-state index contributed by atoms with van der Waals surface area (Å²) in [5, 5.41) is 6.20. The Bertz CT molecular complexity index is 864.